The van der Waals surface area contributed by atoms with Crippen LogP contribution < -0.4 is 10.0 Å². The lowest BCUT2D eigenvalue weighted by Gasteiger charge is -2.16. The molecule has 0 saturated carbocycles. The van der Waals surface area contributed by atoms with Crippen molar-refractivity contribution in [3.05, 3.63) is 28.3 Å². The summed E-state index contributed by atoms with van der Waals surface area (Å²) < 4.78 is 25.5. The summed E-state index contributed by atoms with van der Waals surface area (Å²) in [4.78, 5) is 21.4. The maximum absolute atomic E-state index is 11.7. The molecule has 1 aromatic carbocycles. The number of nitrogens with one attached hydrogen (secondary N) is 2. The van der Waals surface area contributed by atoms with E-state index in [0.29, 0.717) is 12.8 Å². The molecule has 23 heavy (non-hydrogen) atoms. The van der Waals surface area contributed by atoms with Gasteiger partial charge in [0.25, 0.3) is 5.69 Å². The van der Waals surface area contributed by atoms with Gasteiger partial charge in [-0.05, 0) is 25.6 Å². The molecule has 9 nitrogen and oxygen atoms in total. The Balaban J connectivity index is 3.20. The lowest BCUT2D eigenvalue weighted by molar-refractivity contribution is -0.384. The van der Waals surface area contributed by atoms with Gasteiger partial charge < -0.3 is 10.4 Å². The van der Waals surface area contributed by atoms with Gasteiger partial charge in [0.05, 0.1) is 9.82 Å². The summed E-state index contributed by atoms with van der Waals surface area (Å²) in [5, 5.41) is 22.9. The Morgan fingerprint density at radius 2 is 2.09 bits per heavy atom. The molecular weight excluding hydrogens is 326 g/mol. The minimum atomic E-state index is -3.83. The summed E-state index contributed by atoms with van der Waals surface area (Å²) >= 11 is 0. The Morgan fingerprint density at radius 3 is 2.57 bits per heavy atom. The zero-order valence-corrected chi connectivity index (χ0v) is 13.6. The molecule has 0 unspecified atom stereocenters. The van der Waals surface area contributed by atoms with Crippen molar-refractivity contribution in [3.8, 4) is 0 Å². The van der Waals surface area contributed by atoms with Crippen LogP contribution in [0.4, 0.5) is 11.4 Å². The average molecular weight is 345 g/mol. The van der Waals surface area contributed by atoms with Crippen molar-refractivity contribution in [1.29, 1.82) is 0 Å². The third-order valence-corrected chi connectivity index (χ3v) is 4.63. The van der Waals surface area contributed by atoms with Gasteiger partial charge in [-0.3, -0.25) is 10.1 Å². The maximum atomic E-state index is 11.7. The van der Waals surface area contributed by atoms with E-state index in [1.807, 2.05) is 6.92 Å². The first-order valence-electron chi connectivity index (χ1n) is 6.94. The molecule has 0 aliphatic carbocycles. The average Bonchev–Trinajstić information content (AvgIpc) is 2.50. The number of sulfonamides is 1. The normalized spacial score (nSPS) is 12.6. The highest BCUT2D eigenvalue weighted by molar-refractivity contribution is 7.89. The highest BCUT2D eigenvalue weighted by atomic mass is 32.2. The second-order valence-corrected chi connectivity index (χ2v) is 6.71. The van der Waals surface area contributed by atoms with E-state index >= 15 is 0 Å². The van der Waals surface area contributed by atoms with Gasteiger partial charge in [-0.15, -0.1) is 0 Å². The zero-order chi connectivity index (χ0) is 17.6. The van der Waals surface area contributed by atoms with E-state index in [4.69, 9.17) is 0 Å². The van der Waals surface area contributed by atoms with Gasteiger partial charge in [0.2, 0.25) is 10.0 Å². The molecule has 0 aliphatic rings. The lowest BCUT2D eigenvalue weighted by Crippen LogP contribution is -2.29. The van der Waals surface area contributed by atoms with Crippen LogP contribution in [-0.4, -0.2) is 37.5 Å². The minimum absolute atomic E-state index is 0.0337. The predicted octanol–water partition coefficient (Wildman–Crippen LogP) is 1.56. The van der Waals surface area contributed by atoms with Crippen molar-refractivity contribution in [2.75, 3.05) is 12.4 Å². The van der Waals surface area contributed by atoms with Gasteiger partial charge in [-0.25, -0.2) is 17.9 Å². The first-order valence-corrected chi connectivity index (χ1v) is 8.42. The molecule has 1 atom stereocenters. The second kappa shape index (κ2) is 7.88. The van der Waals surface area contributed by atoms with Crippen molar-refractivity contribution in [3.63, 3.8) is 0 Å². The van der Waals surface area contributed by atoms with Crippen LogP contribution in [0.3, 0.4) is 0 Å². The molecule has 0 spiro atoms. The molecule has 0 radical (unpaired) electrons. The topological polar surface area (TPSA) is 139 Å². The number of benzene rings is 1. The van der Waals surface area contributed by atoms with Gasteiger partial charge in [-0.2, -0.15) is 0 Å². The number of nitro benzene ring substituents is 1. The summed E-state index contributed by atoms with van der Waals surface area (Å²) in [6.07, 6.45) is 1.73. The van der Waals surface area contributed by atoms with Crippen LogP contribution in [0.1, 0.15) is 26.2 Å². The number of rotatable bonds is 9. The molecule has 0 aromatic heterocycles. The number of carboxylic acid groups (broad SMARTS) is 1. The van der Waals surface area contributed by atoms with Crippen LogP contribution in [0, 0.1) is 10.1 Å². The summed E-state index contributed by atoms with van der Waals surface area (Å²) in [7, 11) is -2.64. The van der Waals surface area contributed by atoms with Crippen LogP contribution in [0.15, 0.2) is 23.1 Å². The quantitative estimate of drug-likeness (QED) is 0.456. The number of nitro groups is 1. The fraction of sp³-hybridized carbons (Fsp3) is 0.462. The van der Waals surface area contributed by atoms with Crippen LogP contribution in [0.5, 0.6) is 0 Å². The van der Waals surface area contributed by atoms with E-state index < -0.39 is 32.6 Å². The highest BCUT2D eigenvalue weighted by Gasteiger charge is 2.24. The largest absolute Gasteiger partial charge is 0.480 e. The fourth-order valence-corrected chi connectivity index (χ4v) is 2.67. The van der Waals surface area contributed by atoms with Gasteiger partial charge in [0.1, 0.15) is 11.7 Å². The summed E-state index contributed by atoms with van der Waals surface area (Å²) in [6.45, 7) is 1.90. The van der Waals surface area contributed by atoms with Crippen LogP contribution in [-0.2, 0) is 14.8 Å². The minimum Gasteiger partial charge on any atom is -0.480 e. The molecule has 10 heteroatoms. The molecule has 0 fully saturated rings. The number of anilines is 1. The number of unbranched alkanes of at least 4 members (excludes halogenated alkanes) is 1. The third-order valence-electron chi connectivity index (χ3n) is 3.22. The molecule has 0 amide bonds. The van der Waals surface area contributed by atoms with Crippen LogP contribution in [0.2, 0.25) is 0 Å². The SMILES string of the molecule is CCCC[C@H](Nc1ccc(S(=O)(=O)NC)cc1[N+](=O)[O-])C(=O)O. The summed E-state index contributed by atoms with van der Waals surface area (Å²) in [5.41, 5.74) is -0.530. The fourth-order valence-electron chi connectivity index (χ4n) is 1.92. The zero-order valence-electron chi connectivity index (χ0n) is 12.8. The van der Waals surface area contributed by atoms with Crippen LogP contribution >= 0.6 is 0 Å². The Morgan fingerprint density at radius 1 is 1.43 bits per heavy atom. The van der Waals surface area contributed by atoms with E-state index in [0.717, 1.165) is 12.5 Å². The lowest BCUT2D eigenvalue weighted by atomic mass is 10.1. The number of carbonyl (C=O) groups is 1. The van der Waals surface area contributed by atoms with Crippen molar-refractivity contribution in [2.45, 2.75) is 37.1 Å². The molecule has 0 aliphatic heterocycles. The molecule has 0 heterocycles. The van der Waals surface area contributed by atoms with Gasteiger partial charge in [-0.1, -0.05) is 19.8 Å². The Bertz CT molecular complexity index is 689. The van der Waals surface area contributed by atoms with E-state index in [-0.39, 0.29) is 10.6 Å². The Hall–Kier alpha value is -2.20. The highest BCUT2D eigenvalue weighted by Crippen LogP contribution is 2.28. The van der Waals surface area contributed by atoms with E-state index in [1.165, 1.54) is 19.2 Å². The Labute approximate surface area is 133 Å². The van der Waals surface area contributed by atoms with E-state index in [2.05, 4.69) is 10.0 Å². The monoisotopic (exact) mass is 345 g/mol. The molecule has 0 saturated heterocycles. The number of nitrogens with zero attached hydrogens (tertiary/aromatic N) is 1. The molecule has 1 aromatic rings. The summed E-state index contributed by atoms with van der Waals surface area (Å²) in [5.74, 6) is -1.13. The Kier molecular flexibility index (Phi) is 6.46. The van der Waals surface area contributed by atoms with Gasteiger partial charge in [0.15, 0.2) is 0 Å². The molecule has 128 valence electrons. The third kappa shape index (κ3) is 4.89. The first-order chi connectivity index (χ1) is 10.7. The number of hydrogen-bond donors (Lipinski definition) is 3. The predicted molar refractivity (Wildman–Crippen MR) is 83.9 cm³/mol. The van der Waals surface area contributed by atoms with Crippen molar-refractivity contribution in [2.24, 2.45) is 0 Å². The molecule has 3 N–H and O–H groups in total. The van der Waals surface area contributed by atoms with Crippen LogP contribution in [0.25, 0.3) is 0 Å². The molecular formula is C13H19N3O6S. The second-order valence-electron chi connectivity index (χ2n) is 4.82. The molecule has 1 rings (SSSR count). The number of hydrogen-bond acceptors (Lipinski definition) is 6. The van der Waals surface area contributed by atoms with Crippen molar-refractivity contribution in [1.82, 2.24) is 4.72 Å². The number of carboxylic acids is 1. The van der Waals surface area contributed by atoms with E-state index in [9.17, 15) is 28.4 Å². The van der Waals surface area contributed by atoms with Crippen molar-refractivity contribution >= 4 is 27.4 Å². The van der Waals surface area contributed by atoms with Gasteiger partial charge >= 0.3 is 5.97 Å². The standard InChI is InChI=1S/C13H19N3O6S/c1-3-4-5-11(13(17)18)15-10-7-6-9(23(21,22)14-2)8-12(10)16(19)20/h6-8,11,14-15H,3-5H2,1-2H3,(H,17,18)/t11-/m0/s1. The maximum Gasteiger partial charge on any atom is 0.326 e. The summed E-state index contributed by atoms with van der Waals surface area (Å²) in [6, 6.07) is 2.29. The first kappa shape index (κ1) is 18.8. The van der Waals surface area contributed by atoms with E-state index in [1.54, 1.807) is 0 Å². The smallest absolute Gasteiger partial charge is 0.326 e. The van der Waals surface area contributed by atoms with Gasteiger partial charge in [0, 0.05) is 6.07 Å². The number of aliphatic carboxylic acids is 1. The molecule has 0 bridgehead atoms. The van der Waals surface area contributed by atoms with Crippen molar-refractivity contribution < 1.29 is 23.2 Å².